The maximum absolute atomic E-state index is 11.7. The summed E-state index contributed by atoms with van der Waals surface area (Å²) in [4.78, 5) is 23.4. The molecule has 0 amide bonds. The third-order valence-corrected chi connectivity index (χ3v) is 4.00. The van der Waals surface area contributed by atoms with Crippen LogP contribution in [0.5, 0.6) is 0 Å². The molecule has 0 fully saturated rings. The Balaban J connectivity index is 1.85. The highest BCUT2D eigenvalue weighted by Crippen LogP contribution is 2.24. The topological polar surface area (TPSA) is 132 Å². The van der Waals surface area contributed by atoms with E-state index >= 15 is 0 Å². The third kappa shape index (κ3) is 5.34. The van der Waals surface area contributed by atoms with Crippen LogP contribution in [-0.4, -0.2) is 34.3 Å². The summed E-state index contributed by atoms with van der Waals surface area (Å²) < 4.78 is 10.2. The fraction of sp³-hybridized carbons (Fsp3) is 0.188. The summed E-state index contributed by atoms with van der Waals surface area (Å²) >= 11 is 6.78. The SMILES string of the molecule is C/C(N)=C(/C#N)C(=O)COC(=O)CSc1nnc(-c2ccc(Cl)cc2)o1. The van der Waals surface area contributed by atoms with Gasteiger partial charge in [-0.05, 0) is 31.2 Å². The number of halogens is 1. The second-order valence-corrected chi connectivity index (χ2v) is 6.29. The predicted octanol–water partition coefficient (Wildman–Crippen LogP) is 2.35. The summed E-state index contributed by atoms with van der Waals surface area (Å²) in [6, 6.07) is 8.50. The summed E-state index contributed by atoms with van der Waals surface area (Å²) in [5.41, 5.74) is 5.94. The van der Waals surface area contributed by atoms with Crippen molar-refractivity contribution in [2.45, 2.75) is 12.1 Å². The van der Waals surface area contributed by atoms with Crippen LogP contribution in [0.4, 0.5) is 0 Å². The van der Waals surface area contributed by atoms with E-state index in [1.165, 1.54) is 6.92 Å². The van der Waals surface area contributed by atoms with Crippen molar-refractivity contribution in [1.82, 2.24) is 10.2 Å². The lowest BCUT2D eigenvalue weighted by Crippen LogP contribution is -2.18. The maximum atomic E-state index is 11.7. The molecule has 0 unspecified atom stereocenters. The Hall–Kier alpha value is -2.83. The van der Waals surface area contributed by atoms with Crippen LogP contribution in [0.25, 0.3) is 11.5 Å². The van der Waals surface area contributed by atoms with Gasteiger partial charge in [-0.25, -0.2) is 0 Å². The number of Topliss-reactive ketones (excluding diaryl/α,β-unsaturated/α-hetero) is 1. The molecule has 1 heterocycles. The van der Waals surface area contributed by atoms with Crippen molar-refractivity contribution in [1.29, 1.82) is 5.26 Å². The minimum absolute atomic E-state index is 0.0727. The molecule has 1 aromatic heterocycles. The van der Waals surface area contributed by atoms with E-state index in [9.17, 15) is 9.59 Å². The summed E-state index contributed by atoms with van der Waals surface area (Å²) in [6.45, 7) is 0.860. The maximum Gasteiger partial charge on any atom is 0.316 e. The molecule has 0 saturated carbocycles. The molecule has 0 aliphatic heterocycles. The zero-order valence-corrected chi connectivity index (χ0v) is 15.1. The highest BCUT2D eigenvalue weighted by molar-refractivity contribution is 7.99. The molecule has 0 saturated heterocycles. The number of ether oxygens (including phenoxy) is 1. The number of nitrogens with two attached hydrogens (primary N) is 1. The molecular formula is C16H13ClN4O4S. The molecule has 1 aromatic carbocycles. The van der Waals surface area contributed by atoms with Crippen molar-refractivity contribution in [3.63, 3.8) is 0 Å². The minimum Gasteiger partial charge on any atom is -0.457 e. The minimum atomic E-state index is -0.665. The molecule has 134 valence electrons. The quantitative estimate of drug-likeness (QED) is 0.326. The van der Waals surface area contributed by atoms with Gasteiger partial charge in [-0.2, -0.15) is 5.26 Å². The average molecular weight is 393 g/mol. The molecule has 0 aliphatic rings. The van der Waals surface area contributed by atoms with E-state index in [2.05, 4.69) is 10.2 Å². The standard InChI is InChI=1S/C16H13ClN4O4S/c1-9(19)12(6-18)13(22)7-24-14(23)8-26-16-21-20-15(25-16)10-2-4-11(17)5-3-10/h2-5H,7-8,19H2,1H3/b12-9+. The predicted molar refractivity (Wildman–Crippen MR) is 93.9 cm³/mol. The van der Waals surface area contributed by atoms with Crippen molar-refractivity contribution in [3.05, 3.63) is 40.6 Å². The molecule has 0 radical (unpaired) electrons. The zero-order chi connectivity index (χ0) is 19.1. The van der Waals surface area contributed by atoms with Gasteiger partial charge in [0.05, 0.1) is 0 Å². The van der Waals surface area contributed by atoms with E-state index in [1.807, 2.05) is 0 Å². The fourth-order valence-electron chi connectivity index (χ4n) is 1.73. The number of hydrogen-bond acceptors (Lipinski definition) is 9. The summed E-state index contributed by atoms with van der Waals surface area (Å²) in [7, 11) is 0. The first-order valence-electron chi connectivity index (χ1n) is 7.18. The van der Waals surface area contributed by atoms with Gasteiger partial charge < -0.3 is 14.9 Å². The first kappa shape index (κ1) is 19.5. The highest BCUT2D eigenvalue weighted by atomic mass is 35.5. The second kappa shape index (κ2) is 9.03. The second-order valence-electron chi connectivity index (χ2n) is 4.92. The number of rotatable bonds is 7. The summed E-state index contributed by atoms with van der Waals surface area (Å²) in [5.74, 6) is -1.17. The Morgan fingerprint density at radius 1 is 1.35 bits per heavy atom. The Labute approximate surface area is 158 Å². The zero-order valence-electron chi connectivity index (χ0n) is 13.6. The van der Waals surface area contributed by atoms with Crippen molar-refractivity contribution < 1.29 is 18.7 Å². The Morgan fingerprint density at radius 2 is 2.04 bits per heavy atom. The molecule has 0 bridgehead atoms. The van der Waals surface area contributed by atoms with Crippen LogP contribution in [-0.2, 0) is 14.3 Å². The van der Waals surface area contributed by atoms with Crippen LogP contribution < -0.4 is 5.73 Å². The van der Waals surface area contributed by atoms with Gasteiger partial charge in [0.1, 0.15) is 17.4 Å². The number of nitriles is 1. The molecule has 2 rings (SSSR count). The number of carbonyl (C=O) groups is 2. The van der Waals surface area contributed by atoms with Gasteiger partial charge in [-0.1, -0.05) is 23.4 Å². The van der Waals surface area contributed by atoms with Gasteiger partial charge in [0.2, 0.25) is 11.7 Å². The lowest BCUT2D eigenvalue weighted by atomic mass is 10.1. The number of esters is 1. The molecule has 0 atom stereocenters. The summed E-state index contributed by atoms with van der Waals surface area (Å²) in [6.07, 6.45) is 0. The fourth-order valence-corrected chi connectivity index (χ4v) is 2.42. The Morgan fingerprint density at radius 3 is 2.65 bits per heavy atom. The lowest BCUT2D eigenvalue weighted by molar-refractivity contribution is -0.144. The van der Waals surface area contributed by atoms with Crippen molar-refractivity contribution in [2.24, 2.45) is 5.73 Å². The first-order chi connectivity index (χ1) is 12.4. The van der Waals surface area contributed by atoms with Gasteiger partial charge in [-0.15, -0.1) is 10.2 Å². The molecule has 2 N–H and O–H groups in total. The molecular weight excluding hydrogens is 380 g/mol. The van der Waals surface area contributed by atoms with Crippen molar-refractivity contribution in [2.75, 3.05) is 12.4 Å². The number of ketones is 1. The number of thioether (sulfide) groups is 1. The number of carbonyl (C=O) groups excluding carboxylic acids is 2. The number of nitrogens with zero attached hydrogens (tertiary/aromatic N) is 3. The monoisotopic (exact) mass is 392 g/mol. The van der Waals surface area contributed by atoms with Crippen molar-refractivity contribution in [3.8, 4) is 17.5 Å². The molecule has 0 spiro atoms. The number of aromatic nitrogens is 2. The van der Waals surface area contributed by atoms with E-state index in [-0.39, 0.29) is 28.1 Å². The van der Waals surface area contributed by atoms with Crippen LogP contribution in [0.15, 0.2) is 45.2 Å². The van der Waals surface area contributed by atoms with Gasteiger partial charge in [0.25, 0.3) is 5.22 Å². The Kier molecular flexibility index (Phi) is 6.77. The van der Waals surface area contributed by atoms with Crippen LogP contribution in [0.1, 0.15) is 6.92 Å². The number of allylic oxidation sites excluding steroid dienone is 1. The number of benzene rings is 1. The van der Waals surface area contributed by atoms with Gasteiger partial charge >= 0.3 is 5.97 Å². The molecule has 26 heavy (non-hydrogen) atoms. The van der Waals surface area contributed by atoms with E-state index in [0.29, 0.717) is 10.6 Å². The third-order valence-electron chi connectivity index (χ3n) is 2.96. The van der Waals surface area contributed by atoms with E-state index in [4.69, 9.17) is 31.8 Å². The summed E-state index contributed by atoms with van der Waals surface area (Å²) in [5, 5.41) is 17.3. The van der Waals surface area contributed by atoms with Crippen LogP contribution in [0, 0.1) is 11.3 Å². The first-order valence-corrected chi connectivity index (χ1v) is 8.54. The lowest BCUT2D eigenvalue weighted by Gasteiger charge is -2.03. The van der Waals surface area contributed by atoms with Crippen LogP contribution in [0.3, 0.4) is 0 Å². The van der Waals surface area contributed by atoms with Crippen LogP contribution in [0.2, 0.25) is 5.02 Å². The van der Waals surface area contributed by atoms with E-state index < -0.39 is 18.4 Å². The average Bonchev–Trinajstić information content (AvgIpc) is 3.08. The normalized spacial score (nSPS) is 11.4. The smallest absolute Gasteiger partial charge is 0.316 e. The molecule has 8 nitrogen and oxygen atoms in total. The highest BCUT2D eigenvalue weighted by Gasteiger charge is 2.16. The molecule has 2 aromatic rings. The molecule has 10 heteroatoms. The van der Waals surface area contributed by atoms with Crippen molar-refractivity contribution >= 4 is 35.1 Å². The van der Waals surface area contributed by atoms with Crippen LogP contribution >= 0.6 is 23.4 Å². The van der Waals surface area contributed by atoms with E-state index in [0.717, 1.165) is 11.8 Å². The Bertz CT molecular complexity index is 882. The molecule has 0 aliphatic carbocycles. The largest absolute Gasteiger partial charge is 0.457 e. The van der Waals surface area contributed by atoms with Gasteiger partial charge in [0.15, 0.2) is 6.61 Å². The number of hydrogen-bond donors (Lipinski definition) is 1. The van der Waals surface area contributed by atoms with Gasteiger partial charge in [0, 0.05) is 16.3 Å². The van der Waals surface area contributed by atoms with Gasteiger partial charge in [-0.3, -0.25) is 9.59 Å². The van der Waals surface area contributed by atoms with E-state index in [1.54, 1.807) is 30.3 Å².